The van der Waals surface area contributed by atoms with Gasteiger partial charge in [0.25, 0.3) is 0 Å². The molecule has 0 saturated carbocycles. The Bertz CT molecular complexity index is 404. The summed E-state index contributed by atoms with van der Waals surface area (Å²) in [6.45, 7) is 1.94. The molecule has 0 aromatic heterocycles. The first kappa shape index (κ1) is 13.0. The molecule has 0 radical (unpaired) electrons. The van der Waals surface area contributed by atoms with E-state index in [1.807, 2.05) is 6.92 Å². The summed E-state index contributed by atoms with van der Waals surface area (Å²) < 4.78 is 4.48. The standard InChI is InChI=1S/C12H16N2O3/c1-3-5-11(15)13-9-6-4-7-10(8-9)14-12(16)17-2/h4,6-8H,3,5H2,1-2H3,(H,13,15)(H,14,16). The molecule has 1 aromatic carbocycles. The fourth-order valence-electron chi connectivity index (χ4n) is 1.29. The van der Waals surface area contributed by atoms with Crippen molar-refractivity contribution < 1.29 is 14.3 Å². The molecule has 0 atom stereocenters. The lowest BCUT2D eigenvalue weighted by Crippen LogP contribution is -2.13. The van der Waals surface area contributed by atoms with Crippen molar-refractivity contribution in [1.29, 1.82) is 0 Å². The highest BCUT2D eigenvalue weighted by atomic mass is 16.5. The maximum absolute atomic E-state index is 11.4. The Morgan fingerprint density at radius 3 is 2.47 bits per heavy atom. The van der Waals surface area contributed by atoms with Crippen LogP contribution in [0.5, 0.6) is 0 Å². The molecule has 17 heavy (non-hydrogen) atoms. The summed E-state index contributed by atoms with van der Waals surface area (Å²) in [5, 5.41) is 5.27. The summed E-state index contributed by atoms with van der Waals surface area (Å²) in [5.74, 6) is -0.0391. The lowest BCUT2D eigenvalue weighted by molar-refractivity contribution is -0.116. The molecule has 0 saturated heterocycles. The minimum Gasteiger partial charge on any atom is -0.453 e. The smallest absolute Gasteiger partial charge is 0.411 e. The highest BCUT2D eigenvalue weighted by Crippen LogP contribution is 2.15. The summed E-state index contributed by atoms with van der Waals surface area (Å²) in [6.07, 6.45) is 0.739. The second kappa shape index (κ2) is 6.52. The van der Waals surface area contributed by atoms with E-state index in [0.717, 1.165) is 6.42 Å². The van der Waals surface area contributed by atoms with Crippen molar-refractivity contribution in [3.8, 4) is 0 Å². The third kappa shape index (κ3) is 4.55. The van der Waals surface area contributed by atoms with Gasteiger partial charge in [0.2, 0.25) is 5.91 Å². The van der Waals surface area contributed by atoms with E-state index in [1.165, 1.54) is 7.11 Å². The van der Waals surface area contributed by atoms with Crippen LogP contribution in [-0.4, -0.2) is 19.1 Å². The maximum atomic E-state index is 11.4. The number of carbonyl (C=O) groups excluding carboxylic acids is 2. The van der Waals surface area contributed by atoms with E-state index in [0.29, 0.717) is 17.8 Å². The van der Waals surface area contributed by atoms with Gasteiger partial charge in [0.15, 0.2) is 0 Å². The third-order valence-corrected chi connectivity index (χ3v) is 2.06. The Balaban J connectivity index is 2.65. The molecule has 1 rings (SSSR count). The number of methoxy groups -OCH3 is 1. The normalized spacial score (nSPS) is 9.53. The highest BCUT2D eigenvalue weighted by molar-refractivity contribution is 5.92. The molecule has 0 bridgehead atoms. The van der Waals surface area contributed by atoms with Crippen LogP contribution >= 0.6 is 0 Å². The number of hydrogen-bond acceptors (Lipinski definition) is 3. The van der Waals surface area contributed by atoms with Crippen LogP contribution < -0.4 is 10.6 Å². The molecular formula is C12H16N2O3. The second-order valence-electron chi connectivity index (χ2n) is 3.50. The van der Waals surface area contributed by atoms with Gasteiger partial charge in [-0.1, -0.05) is 13.0 Å². The van der Waals surface area contributed by atoms with Gasteiger partial charge in [0, 0.05) is 17.8 Å². The van der Waals surface area contributed by atoms with Crippen LogP contribution in [0.4, 0.5) is 16.2 Å². The Hall–Kier alpha value is -2.04. The lowest BCUT2D eigenvalue weighted by Gasteiger charge is -2.07. The Kier molecular flexibility index (Phi) is 5.00. The van der Waals surface area contributed by atoms with E-state index in [-0.39, 0.29) is 5.91 Å². The number of carbonyl (C=O) groups is 2. The number of amides is 2. The number of benzene rings is 1. The Morgan fingerprint density at radius 1 is 1.24 bits per heavy atom. The summed E-state index contributed by atoms with van der Waals surface area (Å²) in [5.41, 5.74) is 1.23. The Labute approximate surface area is 100 Å². The second-order valence-corrected chi connectivity index (χ2v) is 3.50. The fraction of sp³-hybridized carbons (Fsp3) is 0.333. The van der Waals surface area contributed by atoms with Crippen molar-refractivity contribution in [3.63, 3.8) is 0 Å². The summed E-state index contributed by atoms with van der Waals surface area (Å²) in [7, 11) is 1.29. The number of hydrogen-bond donors (Lipinski definition) is 2. The first-order valence-corrected chi connectivity index (χ1v) is 5.40. The van der Waals surface area contributed by atoms with Gasteiger partial charge in [-0.15, -0.1) is 0 Å². The first-order valence-electron chi connectivity index (χ1n) is 5.40. The van der Waals surface area contributed by atoms with Gasteiger partial charge in [0.05, 0.1) is 7.11 Å². The van der Waals surface area contributed by atoms with Crippen LogP contribution in [0.2, 0.25) is 0 Å². The Morgan fingerprint density at radius 2 is 1.88 bits per heavy atom. The molecule has 1 aromatic rings. The van der Waals surface area contributed by atoms with Crippen molar-refractivity contribution in [1.82, 2.24) is 0 Å². The molecule has 0 aliphatic heterocycles. The molecule has 0 aliphatic carbocycles. The predicted molar refractivity (Wildman–Crippen MR) is 66.0 cm³/mol. The molecule has 0 spiro atoms. The zero-order chi connectivity index (χ0) is 12.7. The maximum Gasteiger partial charge on any atom is 0.411 e. The van der Waals surface area contributed by atoms with Crippen molar-refractivity contribution in [2.45, 2.75) is 19.8 Å². The highest BCUT2D eigenvalue weighted by Gasteiger charge is 2.03. The van der Waals surface area contributed by atoms with Crippen LogP contribution in [0.15, 0.2) is 24.3 Å². The topological polar surface area (TPSA) is 67.4 Å². The lowest BCUT2D eigenvalue weighted by atomic mass is 10.2. The monoisotopic (exact) mass is 236 g/mol. The average Bonchev–Trinajstić information content (AvgIpc) is 2.29. The zero-order valence-corrected chi connectivity index (χ0v) is 9.95. The number of nitrogens with one attached hydrogen (secondary N) is 2. The summed E-state index contributed by atoms with van der Waals surface area (Å²) >= 11 is 0. The SMILES string of the molecule is CCCC(=O)Nc1cccc(NC(=O)OC)c1. The van der Waals surface area contributed by atoms with Crippen LogP contribution in [0.3, 0.4) is 0 Å². The molecular weight excluding hydrogens is 220 g/mol. The van der Waals surface area contributed by atoms with Crippen LogP contribution in [0.1, 0.15) is 19.8 Å². The van der Waals surface area contributed by atoms with E-state index in [2.05, 4.69) is 15.4 Å². The van der Waals surface area contributed by atoms with E-state index < -0.39 is 6.09 Å². The third-order valence-electron chi connectivity index (χ3n) is 2.06. The summed E-state index contributed by atoms with van der Waals surface area (Å²) in [4.78, 5) is 22.4. The van der Waals surface area contributed by atoms with Crippen molar-refractivity contribution in [3.05, 3.63) is 24.3 Å². The van der Waals surface area contributed by atoms with Crippen molar-refractivity contribution in [2.75, 3.05) is 17.7 Å². The first-order chi connectivity index (χ1) is 8.15. The minimum absolute atomic E-state index is 0.0391. The van der Waals surface area contributed by atoms with Gasteiger partial charge in [-0.05, 0) is 24.6 Å². The van der Waals surface area contributed by atoms with Gasteiger partial charge >= 0.3 is 6.09 Å². The van der Waals surface area contributed by atoms with Crippen molar-refractivity contribution >= 4 is 23.4 Å². The average molecular weight is 236 g/mol. The molecule has 0 fully saturated rings. The molecule has 5 heteroatoms. The van der Waals surface area contributed by atoms with E-state index >= 15 is 0 Å². The zero-order valence-electron chi connectivity index (χ0n) is 9.95. The van der Waals surface area contributed by atoms with Crippen LogP contribution in [-0.2, 0) is 9.53 Å². The van der Waals surface area contributed by atoms with Gasteiger partial charge in [-0.2, -0.15) is 0 Å². The molecule has 2 N–H and O–H groups in total. The molecule has 92 valence electrons. The predicted octanol–water partition coefficient (Wildman–Crippen LogP) is 2.60. The number of rotatable bonds is 4. The fourth-order valence-corrected chi connectivity index (χ4v) is 1.29. The van der Waals surface area contributed by atoms with Crippen molar-refractivity contribution in [2.24, 2.45) is 0 Å². The largest absolute Gasteiger partial charge is 0.453 e. The molecule has 0 unspecified atom stereocenters. The van der Waals surface area contributed by atoms with E-state index in [9.17, 15) is 9.59 Å². The molecule has 5 nitrogen and oxygen atoms in total. The molecule has 0 aliphatic rings. The molecule has 0 heterocycles. The van der Waals surface area contributed by atoms with Crippen LogP contribution in [0, 0.1) is 0 Å². The van der Waals surface area contributed by atoms with Gasteiger partial charge in [-0.3, -0.25) is 10.1 Å². The molecule has 2 amide bonds. The number of anilines is 2. The summed E-state index contributed by atoms with van der Waals surface area (Å²) in [6, 6.07) is 6.89. The van der Waals surface area contributed by atoms with E-state index in [4.69, 9.17) is 0 Å². The number of ether oxygens (including phenoxy) is 1. The van der Waals surface area contributed by atoms with Crippen LogP contribution in [0.25, 0.3) is 0 Å². The quantitative estimate of drug-likeness (QED) is 0.844. The van der Waals surface area contributed by atoms with Gasteiger partial charge in [0.1, 0.15) is 0 Å². The van der Waals surface area contributed by atoms with Gasteiger partial charge < -0.3 is 10.1 Å². The minimum atomic E-state index is -0.540. The van der Waals surface area contributed by atoms with E-state index in [1.54, 1.807) is 24.3 Å². The van der Waals surface area contributed by atoms with Gasteiger partial charge in [-0.25, -0.2) is 4.79 Å².